The minimum absolute atomic E-state index is 0.237. The molecule has 12 nitrogen and oxygen atoms in total. The second-order valence-corrected chi connectivity index (χ2v) is 13.4. The minimum atomic E-state index is -5.02. The minimum Gasteiger partial charge on any atom is -0.391 e. The predicted molar refractivity (Wildman–Crippen MR) is 163 cm³/mol. The molecule has 0 aromatic carbocycles. The summed E-state index contributed by atoms with van der Waals surface area (Å²) in [5.41, 5.74) is 0. The third-order valence-corrected chi connectivity index (χ3v) is 9.15. The smallest absolute Gasteiger partial charge is 0.391 e. The van der Waals surface area contributed by atoms with E-state index < -0.39 is 63.2 Å². The van der Waals surface area contributed by atoms with Crippen molar-refractivity contribution in [2.75, 3.05) is 6.61 Å². The van der Waals surface area contributed by atoms with Crippen molar-refractivity contribution < 1.29 is 53.9 Å². The van der Waals surface area contributed by atoms with Crippen LogP contribution >= 0.6 is 7.82 Å². The Labute approximate surface area is 257 Å². The van der Waals surface area contributed by atoms with Crippen LogP contribution in [0.5, 0.6) is 0 Å². The summed E-state index contributed by atoms with van der Waals surface area (Å²) in [6.07, 6.45) is 4.91. The Hall–Kier alpha value is -0.660. The third-order valence-electron chi connectivity index (χ3n) is 8.17. The van der Waals surface area contributed by atoms with Crippen molar-refractivity contribution in [2.45, 2.75) is 178 Å². The van der Waals surface area contributed by atoms with Crippen molar-refractivity contribution in [3.63, 3.8) is 0 Å². The van der Waals surface area contributed by atoms with Gasteiger partial charge in [-0.05, 0) is 12.8 Å². The summed E-state index contributed by atoms with van der Waals surface area (Å²) in [5.74, 6) is -0.319. The normalized spacial score (nSPS) is 27.0. The molecule has 1 aliphatic carbocycles. The molecule has 43 heavy (non-hydrogen) atoms. The number of nitrogens with one attached hydrogen (secondary N) is 1. The number of phosphoric acid groups is 1. The van der Waals surface area contributed by atoms with Gasteiger partial charge >= 0.3 is 7.82 Å². The number of rotatable bonds is 25. The van der Waals surface area contributed by atoms with E-state index in [-0.39, 0.29) is 12.3 Å². The number of aliphatic hydroxyl groups excluding tert-OH is 6. The standard InChI is InChI=1S/C30H60NO11P/c1-3-5-7-9-11-12-14-15-17-19-23(32)22(31-24(33)20-18-16-13-10-8-6-4-2)21-41-43(39,40)42-30-28(37)26(35)25(34)27(36)29(30)38/h22-23,25-30,32,34-38H,3-21H2,1-2H3,(H,31,33)(H,39,40)/t22-,23+,25?,26+,27?,28?,29?,30?/m0/s1. The van der Waals surface area contributed by atoms with Crippen molar-refractivity contribution in [1.82, 2.24) is 5.32 Å². The van der Waals surface area contributed by atoms with Crippen molar-refractivity contribution in [3.8, 4) is 0 Å². The number of aliphatic hydroxyl groups is 6. The Balaban J connectivity index is 2.66. The maximum atomic E-state index is 12.7. The van der Waals surface area contributed by atoms with Gasteiger partial charge in [0.15, 0.2) is 0 Å². The molecule has 8 N–H and O–H groups in total. The quantitative estimate of drug-likeness (QED) is 0.0536. The highest BCUT2D eigenvalue weighted by atomic mass is 31.2. The molecular weight excluding hydrogens is 581 g/mol. The third kappa shape index (κ3) is 16.5. The van der Waals surface area contributed by atoms with Gasteiger partial charge in [-0.25, -0.2) is 4.57 Å². The molecule has 1 saturated carbocycles. The van der Waals surface area contributed by atoms with E-state index in [0.29, 0.717) is 19.3 Å². The molecule has 1 amide bonds. The van der Waals surface area contributed by atoms with E-state index in [9.17, 15) is 44.9 Å². The molecule has 0 bridgehead atoms. The predicted octanol–water partition coefficient (Wildman–Crippen LogP) is 3.21. The molecule has 0 aromatic rings. The summed E-state index contributed by atoms with van der Waals surface area (Å²) in [4.78, 5) is 22.9. The molecule has 0 aromatic heterocycles. The molecule has 0 saturated heterocycles. The molecule has 256 valence electrons. The van der Waals surface area contributed by atoms with E-state index in [1.54, 1.807) is 0 Å². The Morgan fingerprint density at radius 3 is 1.60 bits per heavy atom. The number of amides is 1. The van der Waals surface area contributed by atoms with Crippen LogP contribution < -0.4 is 5.32 Å². The first-order chi connectivity index (χ1) is 20.4. The number of phosphoric ester groups is 1. The zero-order chi connectivity index (χ0) is 32.3. The molecular formula is C30H60NO11P. The molecule has 0 radical (unpaired) electrons. The van der Waals surface area contributed by atoms with E-state index in [0.717, 1.165) is 44.9 Å². The Bertz CT molecular complexity index is 760. The van der Waals surface area contributed by atoms with Gasteiger partial charge in [-0.1, -0.05) is 110 Å². The second-order valence-electron chi connectivity index (χ2n) is 12.0. The van der Waals surface area contributed by atoms with Crippen LogP contribution in [-0.2, 0) is 18.4 Å². The Morgan fingerprint density at radius 2 is 1.12 bits per heavy atom. The molecule has 0 heterocycles. The average molecular weight is 642 g/mol. The summed E-state index contributed by atoms with van der Waals surface area (Å²) < 4.78 is 22.6. The van der Waals surface area contributed by atoms with Gasteiger partial charge < -0.3 is 40.8 Å². The second kappa shape index (κ2) is 22.8. The zero-order valence-electron chi connectivity index (χ0n) is 26.3. The van der Waals surface area contributed by atoms with Crippen LogP contribution in [0.25, 0.3) is 0 Å². The lowest BCUT2D eigenvalue weighted by atomic mass is 9.85. The zero-order valence-corrected chi connectivity index (χ0v) is 27.2. The van der Waals surface area contributed by atoms with Gasteiger partial charge in [-0.15, -0.1) is 0 Å². The maximum Gasteiger partial charge on any atom is 0.472 e. The van der Waals surface area contributed by atoms with Gasteiger partial charge in [0.25, 0.3) is 0 Å². The molecule has 1 fully saturated rings. The number of hydrogen-bond donors (Lipinski definition) is 8. The largest absolute Gasteiger partial charge is 0.472 e. The molecule has 0 aliphatic heterocycles. The van der Waals surface area contributed by atoms with Gasteiger partial charge in [0.05, 0.1) is 18.8 Å². The van der Waals surface area contributed by atoms with Crippen molar-refractivity contribution in [1.29, 1.82) is 0 Å². The molecule has 0 spiro atoms. The molecule has 1 aliphatic rings. The van der Waals surface area contributed by atoms with Gasteiger partial charge in [0.2, 0.25) is 5.91 Å². The topological polar surface area (TPSA) is 206 Å². The lowest BCUT2D eigenvalue weighted by Crippen LogP contribution is -2.64. The first kappa shape index (κ1) is 40.4. The fraction of sp³-hybridized carbons (Fsp3) is 0.967. The first-order valence-electron chi connectivity index (χ1n) is 16.5. The van der Waals surface area contributed by atoms with Crippen LogP contribution in [-0.4, -0.2) is 96.8 Å². The van der Waals surface area contributed by atoms with Crippen LogP contribution in [0.3, 0.4) is 0 Å². The molecule has 1 rings (SSSR count). The van der Waals surface area contributed by atoms with Crippen LogP contribution in [0.2, 0.25) is 0 Å². The van der Waals surface area contributed by atoms with Crippen molar-refractivity contribution in [2.24, 2.45) is 0 Å². The highest BCUT2D eigenvalue weighted by Crippen LogP contribution is 2.47. The summed E-state index contributed by atoms with van der Waals surface area (Å²) in [6.45, 7) is 3.74. The van der Waals surface area contributed by atoms with E-state index in [1.165, 1.54) is 44.9 Å². The molecule has 9 atom stereocenters. The van der Waals surface area contributed by atoms with E-state index >= 15 is 0 Å². The fourth-order valence-electron chi connectivity index (χ4n) is 5.32. The van der Waals surface area contributed by atoms with Crippen molar-refractivity contribution >= 4 is 13.7 Å². The van der Waals surface area contributed by atoms with E-state index in [1.807, 2.05) is 0 Å². The lowest BCUT2D eigenvalue weighted by Gasteiger charge is -2.41. The number of unbranched alkanes of at least 4 members (excludes halogenated alkanes) is 14. The Morgan fingerprint density at radius 1 is 0.698 bits per heavy atom. The van der Waals surface area contributed by atoms with Gasteiger partial charge in [0, 0.05) is 6.42 Å². The monoisotopic (exact) mass is 641 g/mol. The van der Waals surface area contributed by atoms with Gasteiger partial charge in [0.1, 0.15) is 36.6 Å². The van der Waals surface area contributed by atoms with Crippen LogP contribution in [0, 0.1) is 0 Å². The Kier molecular flexibility index (Phi) is 21.4. The summed E-state index contributed by atoms with van der Waals surface area (Å²) in [7, 11) is -5.02. The summed E-state index contributed by atoms with van der Waals surface area (Å²) in [5, 5.41) is 63.3. The summed E-state index contributed by atoms with van der Waals surface area (Å²) >= 11 is 0. The highest BCUT2D eigenvalue weighted by Gasteiger charge is 2.51. The lowest BCUT2D eigenvalue weighted by molar-refractivity contribution is -0.220. The van der Waals surface area contributed by atoms with Gasteiger partial charge in [-0.2, -0.15) is 0 Å². The average Bonchev–Trinajstić information content (AvgIpc) is 2.98. The summed E-state index contributed by atoms with van der Waals surface area (Å²) in [6, 6.07) is -1.02. The van der Waals surface area contributed by atoms with Crippen molar-refractivity contribution in [3.05, 3.63) is 0 Å². The molecule has 13 heteroatoms. The SMILES string of the molecule is CCCCCCCCCCC[C@@H](O)[C@H](COP(=O)(O)OC1C(O)C(O)C(O)[C@@H](O)C1O)NC(=O)CCCCCCCCC. The van der Waals surface area contributed by atoms with Crippen LogP contribution in [0.15, 0.2) is 0 Å². The fourth-order valence-corrected chi connectivity index (χ4v) is 6.28. The first-order valence-corrected chi connectivity index (χ1v) is 18.0. The van der Waals surface area contributed by atoms with Crippen LogP contribution in [0.1, 0.15) is 129 Å². The highest BCUT2D eigenvalue weighted by molar-refractivity contribution is 7.47. The van der Waals surface area contributed by atoms with E-state index in [4.69, 9.17) is 9.05 Å². The number of carbonyl (C=O) groups excluding carboxylic acids is 1. The van der Waals surface area contributed by atoms with Crippen LogP contribution in [0.4, 0.5) is 0 Å². The maximum absolute atomic E-state index is 12.7. The molecule has 6 unspecified atom stereocenters. The number of hydrogen-bond acceptors (Lipinski definition) is 10. The number of carbonyl (C=O) groups is 1. The van der Waals surface area contributed by atoms with Gasteiger partial charge in [-0.3, -0.25) is 13.8 Å². The van der Waals surface area contributed by atoms with E-state index in [2.05, 4.69) is 19.2 Å².